The van der Waals surface area contributed by atoms with Gasteiger partial charge in [-0.05, 0) is 31.0 Å². The maximum absolute atomic E-state index is 13.0. The molecule has 0 saturated heterocycles. The smallest absolute Gasteiger partial charge is 0.258 e. The zero-order valence-electron chi connectivity index (χ0n) is 16.5. The van der Waals surface area contributed by atoms with Crippen LogP contribution in [0.5, 0.6) is 0 Å². The number of anilines is 1. The fraction of sp³-hybridized carbons (Fsp3) is 0.333. The molecule has 0 fully saturated rings. The Labute approximate surface area is 163 Å². The second kappa shape index (κ2) is 7.90. The molecule has 3 aromatic rings. The number of fused-ring (bicyclic) bond motifs is 1. The fourth-order valence-corrected chi connectivity index (χ4v) is 3.27. The number of carbonyl (C=O) groups is 1. The van der Waals surface area contributed by atoms with Crippen molar-refractivity contribution in [3.63, 3.8) is 0 Å². The van der Waals surface area contributed by atoms with Gasteiger partial charge in [0, 0.05) is 48.9 Å². The van der Waals surface area contributed by atoms with Crippen LogP contribution in [-0.4, -0.2) is 25.5 Å². The Kier molecular flexibility index (Phi) is 5.56. The first kappa shape index (κ1) is 19.7. The standard InChI is InChI=1S/C21H24N4O3/c1-5-6-19(27)17-7-12(2)16(11-22-17)15-8-14-10-23-20(24-13(3)26)9-18(14)25(4)21(15)28/h7-11,19,27H,5-6H2,1-4H3,(H,23,24,26)/t19-/m1/s1. The lowest BCUT2D eigenvalue weighted by atomic mass is 10.0. The summed E-state index contributed by atoms with van der Waals surface area (Å²) in [6.45, 7) is 5.32. The zero-order chi connectivity index (χ0) is 20.4. The minimum atomic E-state index is -0.603. The van der Waals surface area contributed by atoms with Gasteiger partial charge in [-0.25, -0.2) is 4.98 Å². The van der Waals surface area contributed by atoms with Gasteiger partial charge in [0.25, 0.3) is 5.56 Å². The van der Waals surface area contributed by atoms with E-state index in [1.807, 2.05) is 19.9 Å². The number of aliphatic hydroxyl groups excluding tert-OH is 1. The highest BCUT2D eigenvalue weighted by molar-refractivity contribution is 5.91. The second-order valence-corrected chi connectivity index (χ2v) is 6.96. The van der Waals surface area contributed by atoms with Crippen molar-refractivity contribution in [3.8, 4) is 11.1 Å². The van der Waals surface area contributed by atoms with Crippen LogP contribution in [0.3, 0.4) is 0 Å². The first-order valence-corrected chi connectivity index (χ1v) is 9.24. The maximum atomic E-state index is 13.0. The van der Waals surface area contributed by atoms with Crippen LogP contribution in [0.2, 0.25) is 0 Å². The number of amides is 1. The predicted molar refractivity (Wildman–Crippen MR) is 109 cm³/mol. The molecule has 0 spiro atoms. The van der Waals surface area contributed by atoms with E-state index in [1.165, 1.54) is 11.5 Å². The molecule has 1 atom stereocenters. The summed E-state index contributed by atoms with van der Waals surface area (Å²) < 4.78 is 1.54. The van der Waals surface area contributed by atoms with Crippen molar-refractivity contribution in [1.82, 2.24) is 14.5 Å². The molecule has 3 heterocycles. The van der Waals surface area contributed by atoms with E-state index in [0.717, 1.165) is 22.9 Å². The molecule has 146 valence electrons. The third-order valence-electron chi connectivity index (χ3n) is 4.74. The van der Waals surface area contributed by atoms with Crippen molar-refractivity contribution < 1.29 is 9.90 Å². The quantitative estimate of drug-likeness (QED) is 0.709. The van der Waals surface area contributed by atoms with Crippen molar-refractivity contribution >= 4 is 22.6 Å². The SMILES string of the molecule is CCC[C@@H](O)c1cc(C)c(-c2cc3cnc(NC(C)=O)cc3n(C)c2=O)cn1. The van der Waals surface area contributed by atoms with Crippen molar-refractivity contribution in [2.75, 3.05) is 5.32 Å². The Balaban J connectivity index is 2.10. The van der Waals surface area contributed by atoms with E-state index in [4.69, 9.17) is 0 Å². The van der Waals surface area contributed by atoms with Crippen molar-refractivity contribution in [1.29, 1.82) is 0 Å². The molecule has 0 aliphatic carbocycles. The fourth-order valence-electron chi connectivity index (χ4n) is 3.27. The zero-order valence-corrected chi connectivity index (χ0v) is 16.5. The molecule has 7 nitrogen and oxygen atoms in total. The van der Waals surface area contributed by atoms with E-state index < -0.39 is 6.10 Å². The van der Waals surface area contributed by atoms with Crippen LogP contribution in [-0.2, 0) is 11.8 Å². The summed E-state index contributed by atoms with van der Waals surface area (Å²) in [7, 11) is 1.69. The molecule has 3 aromatic heterocycles. The average molecular weight is 380 g/mol. The predicted octanol–water partition coefficient (Wildman–Crippen LogP) is 3.10. The van der Waals surface area contributed by atoms with Gasteiger partial charge in [0.2, 0.25) is 5.91 Å². The Morgan fingerprint density at radius 3 is 2.61 bits per heavy atom. The van der Waals surface area contributed by atoms with Crippen molar-refractivity contribution in [2.45, 2.75) is 39.7 Å². The van der Waals surface area contributed by atoms with E-state index in [0.29, 0.717) is 29.0 Å². The van der Waals surface area contributed by atoms with Crippen LogP contribution < -0.4 is 10.9 Å². The van der Waals surface area contributed by atoms with Crippen molar-refractivity contribution in [3.05, 3.63) is 52.2 Å². The van der Waals surface area contributed by atoms with E-state index in [-0.39, 0.29) is 11.5 Å². The van der Waals surface area contributed by atoms with E-state index in [9.17, 15) is 14.7 Å². The Bertz CT molecular complexity index is 1100. The highest BCUT2D eigenvalue weighted by Gasteiger charge is 2.15. The molecule has 0 bridgehead atoms. The highest BCUT2D eigenvalue weighted by Crippen LogP contribution is 2.26. The number of nitrogens with one attached hydrogen (secondary N) is 1. The summed E-state index contributed by atoms with van der Waals surface area (Å²) in [6, 6.07) is 5.29. The van der Waals surface area contributed by atoms with E-state index in [1.54, 1.807) is 31.6 Å². The summed E-state index contributed by atoms with van der Waals surface area (Å²) in [4.78, 5) is 32.8. The summed E-state index contributed by atoms with van der Waals surface area (Å²) in [6.07, 6.45) is 4.18. The lowest BCUT2D eigenvalue weighted by molar-refractivity contribution is -0.114. The number of aryl methyl sites for hydroxylation is 2. The number of aliphatic hydroxyl groups is 1. The second-order valence-electron chi connectivity index (χ2n) is 6.96. The molecular formula is C21H24N4O3. The van der Waals surface area contributed by atoms with Crippen LogP contribution in [0, 0.1) is 6.92 Å². The molecule has 1 amide bonds. The molecule has 0 aromatic carbocycles. The summed E-state index contributed by atoms with van der Waals surface area (Å²) in [5.41, 5.74) is 3.24. The first-order valence-electron chi connectivity index (χ1n) is 9.24. The average Bonchev–Trinajstić information content (AvgIpc) is 2.65. The van der Waals surface area contributed by atoms with Gasteiger partial charge in [0.05, 0.1) is 17.3 Å². The van der Waals surface area contributed by atoms with Gasteiger partial charge in [-0.1, -0.05) is 13.3 Å². The molecular weight excluding hydrogens is 356 g/mol. The molecule has 2 N–H and O–H groups in total. The van der Waals surface area contributed by atoms with Crippen LogP contribution in [0.25, 0.3) is 22.0 Å². The van der Waals surface area contributed by atoms with Crippen LogP contribution in [0.1, 0.15) is 44.1 Å². The van der Waals surface area contributed by atoms with Gasteiger partial charge < -0.3 is 15.0 Å². The molecule has 0 unspecified atom stereocenters. The van der Waals surface area contributed by atoms with Gasteiger partial charge in [-0.3, -0.25) is 14.6 Å². The van der Waals surface area contributed by atoms with E-state index in [2.05, 4.69) is 15.3 Å². The number of hydrogen-bond acceptors (Lipinski definition) is 5. The number of carbonyl (C=O) groups excluding carboxylic acids is 1. The van der Waals surface area contributed by atoms with Crippen molar-refractivity contribution in [2.24, 2.45) is 7.05 Å². The third-order valence-corrected chi connectivity index (χ3v) is 4.74. The minimum Gasteiger partial charge on any atom is -0.387 e. The molecule has 0 radical (unpaired) electrons. The third kappa shape index (κ3) is 3.80. The molecule has 0 saturated carbocycles. The molecule has 3 rings (SSSR count). The lowest BCUT2D eigenvalue weighted by Gasteiger charge is -2.14. The number of rotatable bonds is 5. The minimum absolute atomic E-state index is 0.167. The largest absolute Gasteiger partial charge is 0.387 e. The van der Waals surface area contributed by atoms with Crippen LogP contribution >= 0.6 is 0 Å². The number of nitrogens with zero attached hydrogens (tertiary/aromatic N) is 3. The lowest BCUT2D eigenvalue weighted by Crippen LogP contribution is -2.20. The summed E-state index contributed by atoms with van der Waals surface area (Å²) in [5, 5.41) is 13.6. The first-order chi connectivity index (χ1) is 13.3. The Morgan fingerprint density at radius 2 is 1.96 bits per heavy atom. The molecule has 0 aliphatic heterocycles. The highest BCUT2D eigenvalue weighted by atomic mass is 16.3. The molecule has 28 heavy (non-hydrogen) atoms. The Hall–Kier alpha value is -3.06. The van der Waals surface area contributed by atoms with Crippen LogP contribution in [0.15, 0.2) is 35.4 Å². The normalized spacial score (nSPS) is 12.2. The van der Waals surface area contributed by atoms with Gasteiger partial charge in [-0.2, -0.15) is 0 Å². The van der Waals surface area contributed by atoms with Gasteiger partial charge in [0.15, 0.2) is 0 Å². The Morgan fingerprint density at radius 1 is 1.21 bits per heavy atom. The maximum Gasteiger partial charge on any atom is 0.258 e. The monoisotopic (exact) mass is 380 g/mol. The molecule has 7 heteroatoms. The number of hydrogen-bond donors (Lipinski definition) is 2. The van der Waals surface area contributed by atoms with Gasteiger partial charge in [-0.15, -0.1) is 0 Å². The number of aromatic nitrogens is 3. The van der Waals surface area contributed by atoms with Crippen LogP contribution in [0.4, 0.5) is 5.82 Å². The molecule has 0 aliphatic rings. The van der Waals surface area contributed by atoms with Gasteiger partial charge in [0.1, 0.15) is 5.82 Å². The van der Waals surface area contributed by atoms with Gasteiger partial charge >= 0.3 is 0 Å². The topological polar surface area (TPSA) is 97.1 Å². The summed E-state index contributed by atoms with van der Waals surface area (Å²) >= 11 is 0. The summed E-state index contributed by atoms with van der Waals surface area (Å²) in [5.74, 6) is 0.176. The van der Waals surface area contributed by atoms with E-state index >= 15 is 0 Å². The number of pyridine rings is 3.